The van der Waals surface area contributed by atoms with Crippen LogP contribution in [0.4, 0.5) is 0 Å². The van der Waals surface area contributed by atoms with Crippen LogP contribution in [0.25, 0.3) is 0 Å². The molecular formula is C13H14ClNO3. The average Bonchev–Trinajstić information content (AvgIpc) is 2.26. The third kappa shape index (κ3) is 2.64. The second-order valence-corrected chi connectivity index (χ2v) is 5.03. The Labute approximate surface area is 110 Å². The van der Waals surface area contributed by atoms with Gasteiger partial charge < -0.3 is 10.4 Å². The summed E-state index contributed by atoms with van der Waals surface area (Å²) in [5.74, 6) is -1.21. The van der Waals surface area contributed by atoms with Gasteiger partial charge in [-0.05, 0) is 37.0 Å². The van der Waals surface area contributed by atoms with E-state index in [1.54, 1.807) is 24.3 Å². The fourth-order valence-corrected chi connectivity index (χ4v) is 2.15. The molecule has 1 aromatic carbocycles. The van der Waals surface area contributed by atoms with Crippen LogP contribution in [-0.2, 0) is 16.0 Å². The Bertz CT molecular complexity index is 466. The van der Waals surface area contributed by atoms with Crippen LogP contribution in [0, 0.1) is 0 Å². The molecule has 4 nitrogen and oxygen atoms in total. The minimum absolute atomic E-state index is 0.173. The van der Waals surface area contributed by atoms with E-state index in [-0.39, 0.29) is 12.3 Å². The number of carbonyl (C=O) groups excluding carboxylic acids is 1. The Balaban J connectivity index is 1.96. The predicted octanol–water partition coefficient (Wildman–Crippen LogP) is 2.01. The highest BCUT2D eigenvalue weighted by atomic mass is 35.5. The van der Waals surface area contributed by atoms with Gasteiger partial charge in [0.25, 0.3) is 0 Å². The minimum Gasteiger partial charge on any atom is -0.480 e. The first-order chi connectivity index (χ1) is 8.52. The molecule has 1 saturated carbocycles. The van der Waals surface area contributed by atoms with Gasteiger partial charge in [-0.2, -0.15) is 0 Å². The lowest BCUT2D eigenvalue weighted by molar-refractivity contribution is -0.151. The van der Waals surface area contributed by atoms with E-state index in [1.165, 1.54) is 0 Å². The molecular weight excluding hydrogens is 254 g/mol. The van der Waals surface area contributed by atoms with Gasteiger partial charge in [-0.3, -0.25) is 4.79 Å². The number of amides is 1. The van der Waals surface area contributed by atoms with E-state index in [2.05, 4.69) is 5.32 Å². The first-order valence-corrected chi connectivity index (χ1v) is 6.18. The summed E-state index contributed by atoms with van der Waals surface area (Å²) in [5.41, 5.74) is -0.222. The van der Waals surface area contributed by atoms with Crippen LogP contribution in [0.3, 0.4) is 0 Å². The van der Waals surface area contributed by atoms with E-state index >= 15 is 0 Å². The first-order valence-electron chi connectivity index (χ1n) is 5.81. The van der Waals surface area contributed by atoms with E-state index < -0.39 is 11.5 Å². The second-order valence-electron chi connectivity index (χ2n) is 4.59. The molecule has 96 valence electrons. The molecule has 2 rings (SSSR count). The smallest absolute Gasteiger partial charge is 0.329 e. The van der Waals surface area contributed by atoms with E-state index in [1.807, 2.05) is 0 Å². The molecule has 0 aliphatic heterocycles. The van der Waals surface area contributed by atoms with Crippen LogP contribution < -0.4 is 5.32 Å². The summed E-state index contributed by atoms with van der Waals surface area (Å²) in [6, 6.07) is 6.94. The molecule has 0 unspecified atom stereocenters. The molecule has 1 aliphatic rings. The lowest BCUT2D eigenvalue weighted by Gasteiger charge is -2.38. The van der Waals surface area contributed by atoms with Crippen molar-refractivity contribution in [3.8, 4) is 0 Å². The number of carboxylic acid groups (broad SMARTS) is 1. The van der Waals surface area contributed by atoms with Gasteiger partial charge in [0.05, 0.1) is 6.42 Å². The molecule has 0 aromatic heterocycles. The maximum atomic E-state index is 11.8. The summed E-state index contributed by atoms with van der Waals surface area (Å²) in [5, 5.41) is 12.3. The van der Waals surface area contributed by atoms with Crippen molar-refractivity contribution >= 4 is 23.5 Å². The van der Waals surface area contributed by atoms with Crippen LogP contribution in [0.2, 0.25) is 5.02 Å². The van der Waals surface area contributed by atoms with Gasteiger partial charge in [-0.25, -0.2) is 4.79 Å². The van der Waals surface area contributed by atoms with Gasteiger partial charge in [0.2, 0.25) is 5.91 Å². The van der Waals surface area contributed by atoms with Gasteiger partial charge in [-0.15, -0.1) is 0 Å². The van der Waals surface area contributed by atoms with Crippen molar-refractivity contribution in [2.24, 2.45) is 0 Å². The summed E-state index contributed by atoms with van der Waals surface area (Å²) in [6.07, 6.45) is 2.03. The molecule has 1 aliphatic carbocycles. The van der Waals surface area contributed by atoms with Crippen LogP contribution in [0.15, 0.2) is 24.3 Å². The maximum absolute atomic E-state index is 11.8. The number of nitrogens with one attached hydrogen (secondary N) is 1. The van der Waals surface area contributed by atoms with Crippen molar-refractivity contribution in [1.82, 2.24) is 5.32 Å². The van der Waals surface area contributed by atoms with Gasteiger partial charge >= 0.3 is 5.97 Å². The molecule has 0 bridgehead atoms. The molecule has 1 fully saturated rings. The number of benzene rings is 1. The Morgan fingerprint density at radius 3 is 2.33 bits per heavy atom. The lowest BCUT2D eigenvalue weighted by atomic mass is 9.76. The fraction of sp³-hybridized carbons (Fsp3) is 0.385. The topological polar surface area (TPSA) is 66.4 Å². The molecule has 0 atom stereocenters. The van der Waals surface area contributed by atoms with E-state index in [4.69, 9.17) is 16.7 Å². The second kappa shape index (κ2) is 4.98. The van der Waals surface area contributed by atoms with Crippen LogP contribution in [-0.4, -0.2) is 22.5 Å². The Morgan fingerprint density at radius 1 is 1.28 bits per heavy atom. The predicted molar refractivity (Wildman–Crippen MR) is 67.5 cm³/mol. The monoisotopic (exact) mass is 267 g/mol. The highest BCUT2D eigenvalue weighted by Crippen LogP contribution is 2.32. The van der Waals surface area contributed by atoms with Crippen LogP contribution >= 0.6 is 11.6 Å². The molecule has 0 spiro atoms. The van der Waals surface area contributed by atoms with Crippen molar-refractivity contribution in [2.45, 2.75) is 31.2 Å². The minimum atomic E-state index is -1.04. The van der Waals surface area contributed by atoms with E-state index in [0.717, 1.165) is 12.0 Å². The molecule has 1 amide bonds. The third-order valence-corrected chi connectivity index (χ3v) is 3.53. The number of hydrogen-bond acceptors (Lipinski definition) is 2. The van der Waals surface area contributed by atoms with E-state index in [0.29, 0.717) is 17.9 Å². The van der Waals surface area contributed by atoms with Gasteiger partial charge in [0.15, 0.2) is 0 Å². The Hall–Kier alpha value is -1.55. The molecule has 2 N–H and O–H groups in total. The molecule has 18 heavy (non-hydrogen) atoms. The number of carbonyl (C=O) groups is 2. The Morgan fingerprint density at radius 2 is 1.89 bits per heavy atom. The normalized spacial score (nSPS) is 16.7. The summed E-state index contributed by atoms with van der Waals surface area (Å²) < 4.78 is 0. The zero-order valence-corrected chi connectivity index (χ0v) is 10.5. The Kier molecular flexibility index (Phi) is 3.57. The van der Waals surface area contributed by atoms with Gasteiger partial charge in [-0.1, -0.05) is 23.7 Å². The zero-order valence-electron chi connectivity index (χ0n) is 9.78. The summed E-state index contributed by atoms with van der Waals surface area (Å²) in [4.78, 5) is 22.9. The lowest BCUT2D eigenvalue weighted by Crippen LogP contribution is -2.59. The average molecular weight is 268 g/mol. The SMILES string of the molecule is O=C(Cc1ccc(Cl)cc1)NC1(C(=O)O)CCC1. The van der Waals surface area contributed by atoms with Crippen molar-refractivity contribution in [2.75, 3.05) is 0 Å². The van der Waals surface area contributed by atoms with Crippen LogP contribution in [0.1, 0.15) is 24.8 Å². The maximum Gasteiger partial charge on any atom is 0.329 e. The van der Waals surface area contributed by atoms with Crippen molar-refractivity contribution in [1.29, 1.82) is 0 Å². The number of rotatable bonds is 4. The summed E-state index contributed by atoms with van der Waals surface area (Å²) >= 11 is 5.75. The van der Waals surface area contributed by atoms with Crippen molar-refractivity contribution in [3.63, 3.8) is 0 Å². The van der Waals surface area contributed by atoms with Gasteiger partial charge in [0, 0.05) is 5.02 Å². The van der Waals surface area contributed by atoms with Gasteiger partial charge in [0.1, 0.15) is 5.54 Å². The number of hydrogen-bond donors (Lipinski definition) is 2. The molecule has 1 aromatic rings. The first kappa shape index (κ1) is 12.9. The summed E-state index contributed by atoms with van der Waals surface area (Å²) in [7, 11) is 0. The number of aliphatic carboxylic acids is 1. The molecule has 0 radical (unpaired) electrons. The van der Waals surface area contributed by atoms with E-state index in [9.17, 15) is 9.59 Å². The molecule has 0 saturated heterocycles. The van der Waals surface area contributed by atoms with Crippen LogP contribution in [0.5, 0.6) is 0 Å². The summed E-state index contributed by atoms with van der Waals surface area (Å²) in [6.45, 7) is 0. The fourth-order valence-electron chi connectivity index (χ4n) is 2.02. The zero-order chi connectivity index (χ0) is 13.2. The standard InChI is InChI=1S/C13H14ClNO3/c14-10-4-2-9(3-5-10)8-11(16)15-13(12(17)18)6-1-7-13/h2-5H,1,6-8H2,(H,15,16)(H,17,18). The number of carboxylic acids is 1. The van der Waals surface area contributed by atoms with Crippen molar-refractivity contribution in [3.05, 3.63) is 34.9 Å². The third-order valence-electron chi connectivity index (χ3n) is 3.27. The molecule has 5 heteroatoms. The quantitative estimate of drug-likeness (QED) is 0.877. The van der Waals surface area contributed by atoms with Crippen molar-refractivity contribution < 1.29 is 14.7 Å². The number of halogens is 1. The highest BCUT2D eigenvalue weighted by molar-refractivity contribution is 6.30. The largest absolute Gasteiger partial charge is 0.480 e. The highest BCUT2D eigenvalue weighted by Gasteiger charge is 2.45. The molecule has 0 heterocycles.